The molecule has 0 fully saturated rings. The zero-order valence-electron chi connectivity index (χ0n) is 10.5. The standard InChI is InChI=1S/C15H28/c1-2-3-4-5-6-7-9-12-15-13-10-8-11-14-15/h8,10,15H,2-7,9,11-14H2,1H3. The number of hydrogen-bond donors (Lipinski definition) is 0. The van der Waals surface area contributed by atoms with Crippen LogP contribution in [0, 0.1) is 5.92 Å². The molecule has 0 saturated carbocycles. The predicted octanol–water partition coefficient (Wildman–Crippen LogP) is 5.48. The second-order valence-corrected chi connectivity index (χ2v) is 5.06. The highest BCUT2D eigenvalue weighted by Crippen LogP contribution is 2.24. The van der Waals surface area contributed by atoms with Crippen molar-refractivity contribution >= 4 is 0 Å². The van der Waals surface area contributed by atoms with Crippen LogP contribution in [0.25, 0.3) is 0 Å². The maximum Gasteiger partial charge on any atom is -0.0322 e. The quantitative estimate of drug-likeness (QED) is 0.366. The van der Waals surface area contributed by atoms with Gasteiger partial charge in [0, 0.05) is 0 Å². The van der Waals surface area contributed by atoms with Crippen molar-refractivity contribution in [2.75, 3.05) is 0 Å². The van der Waals surface area contributed by atoms with Gasteiger partial charge in [-0.2, -0.15) is 0 Å². The van der Waals surface area contributed by atoms with Crippen LogP contribution in [0.1, 0.15) is 77.6 Å². The van der Waals surface area contributed by atoms with Crippen LogP contribution in [0.15, 0.2) is 12.2 Å². The topological polar surface area (TPSA) is 0 Å². The molecule has 88 valence electrons. The Balaban J connectivity index is 1.82. The molecule has 1 rings (SSSR count). The SMILES string of the molecule is CCCCCCCCCC1CC=CCC1. The Hall–Kier alpha value is -0.260. The van der Waals surface area contributed by atoms with E-state index in [1.807, 2.05) is 0 Å². The zero-order chi connectivity index (χ0) is 10.8. The van der Waals surface area contributed by atoms with Gasteiger partial charge >= 0.3 is 0 Å². The molecule has 0 N–H and O–H groups in total. The lowest BCUT2D eigenvalue weighted by molar-refractivity contribution is 0.418. The van der Waals surface area contributed by atoms with Crippen LogP contribution in [-0.2, 0) is 0 Å². The first-order valence-corrected chi connectivity index (χ1v) is 7.08. The molecule has 1 aliphatic carbocycles. The highest BCUT2D eigenvalue weighted by molar-refractivity contribution is 4.89. The van der Waals surface area contributed by atoms with Gasteiger partial charge in [0.05, 0.1) is 0 Å². The minimum absolute atomic E-state index is 1.02. The summed E-state index contributed by atoms with van der Waals surface area (Å²) < 4.78 is 0. The molecule has 1 unspecified atom stereocenters. The highest BCUT2D eigenvalue weighted by Gasteiger charge is 2.08. The van der Waals surface area contributed by atoms with E-state index in [0.29, 0.717) is 0 Å². The summed E-state index contributed by atoms with van der Waals surface area (Å²) in [4.78, 5) is 0. The second-order valence-electron chi connectivity index (χ2n) is 5.06. The van der Waals surface area contributed by atoms with Crippen LogP contribution in [0.2, 0.25) is 0 Å². The second kappa shape index (κ2) is 9.00. The van der Waals surface area contributed by atoms with Gasteiger partial charge in [0.25, 0.3) is 0 Å². The summed E-state index contributed by atoms with van der Waals surface area (Å²) >= 11 is 0. The largest absolute Gasteiger partial charge is 0.0885 e. The Morgan fingerprint density at radius 2 is 1.67 bits per heavy atom. The van der Waals surface area contributed by atoms with Gasteiger partial charge in [-0.3, -0.25) is 0 Å². The summed E-state index contributed by atoms with van der Waals surface area (Å²) in [5.41, 5.74) is 0. The fraction of sp³-hybridized carbons (Fsp3) is 0.867. The van der Waals surface area contributed by atoms with Gasteiger partial charge in [0.1, 0.15) is 0 Å². The van der Waals surface area contributed by atoms with Gasteiger partial charge in [-0.1, -0.05) is 70.4 Å². The van der Waals surface area contributed by atoms with E-state index in [-0.39, 0.29) is 0 Å². The first kappa shape index (κ1) is 12.8. The van der Waals surface area contributed by atoms with Crippen molar-refractivity contribution in [3.05, 3.63) is 12.2 Å². The maximum atomic E-state index is 2.38. The van der Waals surface area contributed by atoms with Crippen molar-refractivity contribution in [3.8, 4) is 0 Å². The molecule has 0 heterocycles. The van der Waals surface area contributed by atoms with Crippen LogP contribution < -0.4 is 0 Å². The summed E-state index contributed by atoms with van der Waals surface area (Å²) in [6.45, 7) is 2.29. The number of allylic oxidation sites excluding steroid dienone is 2. The Labute approximate surface area is 96.2 Å². The molecular formula is C15H28. The van der Waals surface area contributed by atoms with Crippen LogP contribution in [0.3, 0.4) is 0 Å². The third-order valence-electron chi connectivity index (χ3n) is 3.59. The Bertz CT molecular complexity index is 157. The van der Waals surface area contributed by atoms with E-state index in [2.05, 4.69) is 19.1 Å². The first-order valence-electron chi connectivity index (χ1n) is 7.08. The van der Waals surface area contributed by atoms with Gasteiger partial charge in [0.2, 0.25) is 0 Å². The lowest BCUT2D eigenvalue weighted by Crippen LogP contribution is -2.02. The van der Waals surface area contributed by atoms with Crippen LogP contribution in [0.4, 0.5) is 0 Å². The van der Waals surface area contributed by atoms with Gasteiger partial charge < -0.3 is 0 Å². The summed E-state index contributed by atoms with van der Waals surface area (Å²) in [5, 5.41) is 0. The normalized spacial score (nSPS) is 20.7. The van der Waals surface area contributed by atoms with E-state index in [9.17, 15) is 0 Å². The van der Waals surface area contributed by atoms with E-state index in [4.69, 9.17) is 0 Å². The molecule has 0 spiro atoms. The van der Waals surface area contributed by atoms with E-state index in [0.717, 1.165) is 5.92 Å². The van der Waals surface area contributed by atoms with Crippen molar-refractivity contribution in [3.63, 3.8) is 0 Å². The van der Waals surface area contributed by atoms with Crippen molar-refractivity contribution in [2.45, 2.75) is 77.6 Å². The van der Waals surface area contributed by atoms with Gasteiger partial charge in [-0.25, -0.2) is 0 Å². The fourth-order valence-electron chi connectivity index (χ4n) is 2.51. The predicted molar refractivity (Wildman–Crippen MR) is 69.1 cm³/mol. The molecule has 0 aromatic rings. The minimum atomic E-state index is 1.02. The molecule has 15 heavy (non-hydrogen) atoms. The third kappa shape index (κ3) is 6.76. The number of hydrogen-bond acceptors (Lipinski definition) is 0. The molecule has 0 radical (unpaired) electrons. The lowest BCUT2D eigenvalue weighted by atomic mass is 9.89. The van der Waals surface area contributed by atoms with Gasteiger partial charge in [-0.15, -0.1) is 0 Å². The van der Waals surface area contributed by atoms with E-state index >= 15 is 0 Å². The molecule has 0 aliphatic heterocycles. The molecule has 0 saturated heterocycles. The molecule has 0 aromatic carbocycles. The Morgan fingerprint density at radius 3 is 2.33 bits per heavy atom. The maximum absolute atomic E-state index is 2.38. The molecule has 0 amide bonds. The van der Waals surface area contributed by atoms with Gasteiger partial charge in [-0.05, 0) is 25.2 Å². The molecule has 0 heteroatoms. The number of rotatable bonds is 8. The molecule has 1 aliphatic rings. The lowest BCUT2D eigenvalue weighted by Gasteiger charge is -2.17. The van der Waals surface area contributed by atoms with E-state index in [1.54, 1.807) is 0 Å². The van der Waals surface area contributed by atoms with E-state index < -0.39 is 0 Å². The Morgan fingerprint density at radius 1 is 0.933 bits per heavy atom. The molecular weight excluding hydrogens is 180 g/mol. The Kier molecular flexibility index (Phi) is 7.69. The van der Waals surface area contributed by atoms with Crippen LogP contribution >= 0.6 is 0 Å². The average Bonchev–Trinajstić information content (AvgIpc) is 2.29. The number of unbranched alkanes of at least 4 members (excludes halogenated alkanes) is 6. The molecule has 0 bridgehead atoms. The van der Waals surface area contributed by atoms with Crippen molar-refractivity contribution < 1.29 is 0 Å². The summed E-state index contributed by atoms with van der Waals surface area (Å²) in [7, 11) is 0. The third-order valence-corrected chi connectivity index (χ3v) is 3.59. The van der Waals surface area contributed by atoms with E-state index in [1.165, 1.54) is 70.6 Å². The average molecular weight is 208 g/mol. The van der Waals surface area contributed by atoms with Crippen LogP contribution in [-0.4, -0.2) is 0 Å². The smallest absolute Gasteiger partial charge is 0.0322 e. The molecule has 1 atom stereocenters. The van der Waals surface area contributed by atoms with Crippen molar-refractivity contribution in [1.82, 2.24) is 0 Å². The summed E-state index contributed by atoms with van der Waals surface area (Å²) in [6.07, 6.45) is 20.5. The summed E-state index contributed by atoms with van der Waals surface area (Å²) in [5.74, 6) is 1.02. The molecule has 0 nitrogen and oxygen atoms in total. The summed E-state index contributed by atoms with van der Waals surface area (Å²) in [6, 6.07) is 0. The minimum Gasteiger partial charge on any atom is -0.0885 e. The van der Waals surface area contributed by atoms with Crippen LogP contribution in [0.5, 0.6) is 0 Å². The first-order chi connectivity index (χ1) is 7.43. The molecule has 0 aromatic heterocycles. The van der Waals surface area contributed by atoms with Gasteiger partial charge in [0.15, 0.2) is 0 Å². The van der Waals surface area contributed by atoms with Crippen molar-refractivity contribution in [1.29, 1.82) is 0 Å². The highest BCUT2D eigenvalue weighted by atomic mass is 14.1. The van der Waals surface area contributed by atoms with Crippen molar-refractivity contribution in [2.24, 2.45) is 5.92 Å². The zero-order valence-corrected chi connectivity index (χ0v) is 10.5. The monoisotopic (exact) mass is 208 g/mol. The fourth-order valence-corrected chi connectivity index (χ4v) is 2.51.